The first kappa shape index (κ1) is 33.1. The Kier molecular flexibility index (Phi) is 12.4. The minimum atomic E-state index is -1.31. The molecule has 0 aliphatic carbocycles. The first-order valence-corrected chi connectivity index (χ1v) is 14.6. The smallest absolute Gasteiger partial charge is 0.249 e. The summed E-state index contributed by atoms with van der Waals surface area (Å²) in [6.07, 6.45) is -0.101. The zero-order valence-corrected chi connectivity index (χ0v) is 25.0. The summed E-state index contributed by atoms with van der Waals surface area (Å²) in [4.78, 5) is 53.1. The Morgan fingerprint density at radius 3 is 2.05 bits per heavy atom. The molecule has 2 amide bonds. The highest BCUT2D eigenvalue weighted by Crippen LogP contribution is 2.30. The van der Waals surface area contributed by atoms with Gasteiger partial charge in [-0.2, -0.15) is 0 Å². The molecule has 1 aliphatic rings. The van der Waals surface area contributed by atoms with Gasteiger partial charge in [0.15, 0.2) is 11.6 Å². The number of ketones is 2. The van der Waals surface area contributed by atoms with Crippen molar-refractivity contribution in [1.82, 2.24) is 10.6 Å². The molecule has 0 bridgehead atoms. The van der Waals surface area contributed by atoms with E-state index in [9.17, 15) is 24.3 Å². The van der Waals surface area contributed by atoms with Crippen molar-refractivity contribution < 1.29 is 33.8 Å². The van der Waals surface area contributed by atoms with E-state index in [0.717, 1.165) is 11.1 Å². The molecule has 1 aliphatic heterocycles. The van der Waals surface area contributed by atoms with Crippen molar-refractivity contribution in [3.05, 3.63) is 71.8 Å². The van der Waals surface area contributed by atoms with Gasteiger partial charge in [0, 0.05) is 19.4 Å². The minimum absolute atomic E-state index is 0.111. The van der Waals surface area contributed by atoms with Crippen LogP contribution in [0.15, 0.2) is 60.7 Å². The van der Waals surface area contributed by atoms with Crippen molar-refractivity contribution in [1.29, 1.82) is 0 Å². The molecule has 1 heterocycles. The number of rotatable bonds is 18. The lowest BCUT2D eigenvalue weighted by atomic mass is 9.89. The molecule has 1 fully saturated rings. The maximum Gasteiger partial charge on any atom is 0.249 e. The maximum atomic E-state index is 13.6. The first-order valence-electron chi connectivity index (χ1n) is 14.6. The summed E-state index contributed by atoms with van der Waals surface area (Å²) < 4.78 is 10.6. The van der Waals surface area contributed by atoms with E-state index in [1.54, 1.807) is 6.92 Å². The lowest BCUT2D eigenvalue weighted by Crippen LogP contribution is -2.51. The van der Waals surface area contributed by atoms with Gasteiger partial charge in [0.25, 0.3) is 0 Å². The van der Waals surface area contributed by atoms with Gasteiger partial charge in [-0.25, -0.2) is 0 Å². The third-order valence-electron chi connectivity index (χ3n) is 7.47. The number of ether oxygens (including phenoxy) is 2. The highest BCUT2D eigenvalue weighted by atomic mass is 16.6. The molecule has 5 atom stereocenters. The SMILES string of the molecule is COC[C@H](NC(=O)[C@@H](O)CCc1ccccc1)C(=O)C[C@@H](Cc1ccccc1)C(=O)N[C@@H](CC(C)C)C(=O)[C@@]1(C)CO1. The van der Waals surface area contributed by atoms with Crippen LogP contribution in [0.5, 0.6) is 0 Å². The molecule has 3 N–H and O–H groups in total. The van der Waals surface area contributed by atoms with E-state index in [4.69, 9.17) is 9.47 Å². The predicted octanol–water partition coefficient (Wildman–Crippen LogP) is 2.82. The van der Waals surface area contributed by atoms with Crippen LogP contribution in [-0.2, 0) is 41.5 Å². The number of benzene rings is 2. The van der Waals surface area contributed by atoms with Crippen molar-refractivity contribution in [2.45, 2.75) is 76.7 Å². The second-order valence-corrected chi connectivity index (χ2v) is 11.7. The molecule has 0 spiro atoms. The zero-order chi connectivity index (χ0) is 30.7. The number of carbonyl (C=O) groups is 4. The summed E-state index contributed by atoms with van der Waals surface area (Å²) >= 11 is 0. The number of amides is 2. The molecule has 1 saturated heterocycles. The van der Waals surface area contributed by atoms with E-state index in [2.05, 4.69) is 10.6 Å². The first-order chi connectivity index (χ1) is 20.0. The van der Waals surface area contributed by atoms with Gasteiger partial charge in [-0.3, -0.25) is 19.2 Å². The van der Waals surface area contributed by atoms with Gasteiger partial charge in [-0.15, -0.1) is 0 Å². The molecule has 3 rings (SSSR count). The average Bonchev–Trinajstić information content (AvgIpc) is 3.73. The Balaban J connectivity index is 1.71. The van der Waals surface area contributed by atoms with Crippen molar-refractivity contribution in [2.75, 3.05) is 20.3 Å². The second kappa shape index (κ2) is 15.7. The molecular formula is C33H44N2O7. The van der Waals surface area contributed by atoms with E-state index in [1.807, 2.05) is 74.5 Å². The van der Waals surface area contributed by atoms with Crippen molar-refractivity contribution in [3.63, 3.8) is 0 Å². The Bertz CT molecular complexity index is 1180. The van der Waals surface area contributed by atoms with Crippen LogP contribution in [0.25, 0.3) is 0 Å². The van der Waals surface area contributed by atoms with Gasteiger partial charge in [0.1, 0.15) is 17.7 Å². The van der Waals surface area contributed by atoms with Crippen LogP contribution in [0.3, 0.4) is 0 Å². The maximum absolute atomic E-state index is 13.6. The summed E-state index contributed by atoms with van der Waals surface area (Å²) in [6.45, 7) is 5.86. The zero-order valence-electron chi connectivity index (χ0n) is 25.0. The Labute approximate surface area is 248 Å². The van der Waals surface area contributed by atoms with Crippen molar-refractivity contribution in [2.24, 2.45) is 11.8 Å². The third kappa shape index (κ3) is 10.2. The lowest BCUT2D eigenvalue weighted by Gasteiger charge is -2.25. The molecule has 0 aromatic heterocycles. The van der Waals surface area contributed by atoms with Crippen LogP contribution in [0.4, 0.5) is 0 Å². The summed E-state index contributed by atoms with van der Waals surface area (Å²) in [5, 5.41) is 16.0. The van der Waals surface area contributed by atoms with Gasteiger partial charge >= 0.3 is 0 Å². The van der Waals surface area contributed by atoms with E-state index in [1.165, 1.54) is 7.11 Å². The second-order valence-electron chi connectivity index (χ2n) is 11.7. The fourth-order valence-corrected chi connectivity index (χ4v) is 4.88. The number of aryl methyl sites for hydroxylation is 1. The molecule has 228 valence electrons. The number of methoxy groups -OCH3 is 1. The molecule has 9 heteroatoms. The highest BCUT2D eigenvalue weighted by Gasteiger charge is 2.50. The van der Waals surface area contributed by atoms with E-state index >= 15 is 0 Å². The normalized spacial score (nSPS) is 18.9. The molecule has 42 heavy (non-hydrogen) atoms. The Hall–Kier alpha value is -3.40. The Morgan fingerprint density at radius 1 is 0.929 bits per heavy atom. The molecule has 2 aromatic rings. The number of nitrogens with one attached hydrogen (secondary N) is 2. The average molecular weight is 581 g/mol. The molecule has 0 radical (unpaired) electrons. The number of aliphatic hydroxyl groups is 1. The number of epoxide rings is 1. The summed E-state index contributed by atoms with van der Waals surface area (Å²) in [5.74, 6) is -2.32. The van der Waals surface area contributed by atoms with E-state index in [-0.39, 0.29) is 37.6 Å². The van der Waals surface area contributed by atoms with Crippen LogP contribution < -0.4 is 10.6 Å². The summed E-state index contributed by atoms with van der Waals surface area (Å²) in [6, 6.07) is 17.0. The van der Waals surface area contributed by atoms with E-state index < -0.39 is 47.3 Å². The van der Waals surface area contributed by atoms with Gasteiger partial charge in [0.2, 0.25) is 11.8 Å². The van der Waals surface area contributed by atoms with Crippen LogP contribution >= 0.6 is 0 Å². The van der Waals surface area contributed by atoms with Crippen LogP contribution in [0.2, 0.25) is 0 Å². The Morgan fingerprint density at radius 2 is 1.50 bits per heavy atom. The number of carbonyl (C=O) groups excluding carboxylic acids is 4. The monoisotopic (exact) mass is 580 g/mol. The van der Waals surface area contributed by atoms with Crippen LogP contribution in [-0.4, -0.2) is 72.6 Å². The topological polar surface area (TPSA) is 134 Å². The molecule has 2 aromatic carbocycles. The molecule has 0 unspecified atom stereocenters. The van der Waals surface area contributed by atoms with Gasteiger partial charge in [-0.1, -0.05) is 74.5 Å². The molecular weight excluding hydrogens is 536 g/mol. The van der Waals surface area contributed by atoms with Crippen LogP contribution in [0.1, 0.15) is 51.2 Å². The van der Waals surface area contributed by atoms with Crippen molar-refractivity contribution in [3.8, 4) is 0 Å². The number of hydrogen-bond acceptors (Lipinski definition) is 7. The summed E-state index contributed by atoms with van der Waals surface area (Å²) in [5.41, 5.74) is 0.950. The standard InChI is InChI=1S/C33H44N2O7/c1-22(2)17-26(30(38)33(3)21-42-33)34-31(39)25(18-24-13-9-6-10-14-24)19-29(37)27(20-41-4)35-32(40)28(36)16-15-23-11-7-5-8-12-23/h5-14,22,25-28,36H,15-21H2,1-4H3,(H,34,39)(H,35,40)/t25-,26+,27+,28+,33-/m1/s1. The minimum Gasteiger partial charge on any atom is -0.383 e. The largest absolute Gasteiger partial charge is 0.383 e. The number of hydrogen-bond donors (Lipinski definition) is 3. The highest BCUT2D eigenvalue weighted by molar-refractivity contribution is 5.98. The van der Waals surface area contributed by atoms with Crippen molar-refractivity contribution >= 4 is 23.4 Å². The number of Topliss-reactive ketones (excluding diaryl/α,β-unsaturated/α-hetero) is 2. The molecule has 9 nitrogen and oxygen atoms in total. The molecule has 0 saturated carbocycles. The number of aliphatic hydroxyl groups excluding tert-OH is 1. The predicted molar refractivity (Wildman–Crippen MR) is 159 cm³/mol. The lowest BCUT2D eigenvalue weighted by molar-refractivity contribution is -0.136. The fraction of sp³-hybridized carbons (Fsp3) is 0.515. The van der Waals surface area contributed by atoms with Gasteiger partial charge in [0.05, 0.1) is 19.3 Å². The summed E-state index contributed by atoms with van der Waals surface area (Å²) in [7, 11) is 1.41. The van der Waals surface area contributed by atoms with E-state index in [0.29, 0.717) is 19.4 Å². The fourth-order valence-electron chi connectivity index (χ4n) is 4.88. The van der Waals surface area contributed by atoms with Gasteiger partial charge in [-0.05, 0) is 49.7 Å². The quantitative estimate of drug-likeness (QED) is 0.231. The third-order valence-corrected chi connectivity index (χ3v) is 7.47. The van der Waals surface area contributed by atoms with Gasteiger partial charge < -0.3 is 25.2 Å². The van der Waals surface area contributed by atoms with Crippen LogP contribution in [0, 0.1) is 11.8 Å².